The first-order valence-corrected chi connectivity index (χ1v) is 8.31. The molecule has 1 amide bonds. The van der Waals surface area contributed by atoms with E-state index in [1.165, 1.54) is 0 Å². The lowest BCUT2D eigenvalue weighted by molar-refractivity contribution is -0.152. The van der Waals surface area contributed by atoms with Crippen molar-refractivity contribution in [3.05, 3.63) is 71.8 Å². The normalized spacial score (nSPS) is 17.7. The molecule has 0 bridgehead atoms. The summed E-state index contributed by atoms with van der Waals surface area (Å²) in [7, 11) is 0. The van der Waals surface area contributed by atoms with E-state index in [1.807, 2.05) is 60.7 Å². The molecular weight excluding hydrogens is 302 g/mol. The van der Waals surface area contributed by atoms with Gasteiger partial charge >= 0.3 is 5.97 Å². The lowest BCUT2D eigenvalue weighted by Crippen LogP contribution is -2.49. The summed E-state index contributed by atoms with van der Waals surface area (Å²) in [5, 5.41) is 9.49. The fourth-order valence-electron chi connectivity index (χ4n) is 3.39. The Bertz CT molecular complexity index is 660. The van der Waals surface area contributed by atoms with Crippen LogP contribution in [0.15, 0.2) is 60.7 Å². The number of carboxylic acids is 1. The minimum Gasteiger partial charge on any atom is -0.480 e. The molecule has 1 saturated heterocycles. The molecule has 1 N–H and O–H groups in total. The molecule has 1 unspecified atom stereocenters. The van der Waals surface area contributed by atoms with E-state index in [0.717, 1.165) is 24.0 Å². The summed E-state index contributed by atoms with van der Waals surface area (Å²) in [6.07, 6.45) is 2.23. The quantitative estimate of drug-likeness (QED) is 0.939. The Morgan fingerprint density at radius 1 is 0.917 bits per heavy atom. The number of piperidine rings is 1. The van der Waals surface area contributed by atoms with Gasteiger partial charge in [-0.2, -0.15) is 0 Å². The van der Waals surface area contributed by atoms with Crippen LogP contribution in [-0.2, 0) is 9.59 Å². The van der Waals surface area contributed by atoms with Crippen molar-refractivity contribution in [2.45, 2.75) is 31.2 Å². The van der Waals surface area contributed by atoms with Crippen LogP contribution in [0.25, 0.3) is 0 Å². The highest BCUT2D eigenvalue weighted by Crippen LogP contribution is 2.30. The Kier molecular flexibility index (Phi) is 4.94. The number of carbonyl (C=O) groups excluding carboxylic acids is 1. The smallest absolute Gasteiger partial charge is 0.326 e. The third-order valence-corrected chi connectivity index (χ3v) is 4.58. The van der Waals surface area contributed by atoms with Crippen LogP contribution in [0.4, 0.5) is 0 Å². The molecule has 0 aliphatic carbocycles. The largest absolute Gasteiger partial charge is 0.480 e. The van der Waals surface area contributed by atoms with Gasteiger partial charge in [0.25, 0.3) is 0 Å². The Morgan fingerprint density at radius 3 is 1.96 bits per heavy atom. The first-order chi connectivity index (χ1) is 11.7. The maximum atomic E-state index is 13.3. The van der Waals surface area contributed by atoms with E-state index in [4.69, 9.17) is 0 Å². The summed E-state index contributed by atoms with van der Waals surface area (Å²) in [4.78, 5) is 26.4. The zero-order valence-electron chi connectivity index (χ0n) is 13.5. The van der Waals surface area contributed by atoms with Crippen molar-refractivity contribution in [2.75, 3.05) is 6.54 Å². The zero-order valence-corrected chi connectivity index (χ0v) is 13.5. The molecule has 0 saturated carbocycles. The number of benzene rings is 2. The fraction of sp³-hybridized carbons (Fsp3) is 0.300. The molecule has 1 aliphatic heterocycles. The van der Waals surface area contributed by atoms with Gasteiger partial charge in [-0.1, -0.05) is 60.7 Å². The van der Waals surface area contributed by atoms with Crippen LogP contribution in [0.3, 0.4) is 0 Å². The number of likely N-dealkylation sites (tertiary alicyclic amines) is 1. The topological polar surface area (TPSA) is 57.6 Å². The molecule has 1 fully saturated rings. The van der Waals surface area contributed by atoms with Gasteiger partial charge in [0.15, 0.2) is 0 Å². The van der Waals surface area contributed by atoms with Gasteiger partial charge < -0.3 is 10.0 Å². The molecule has 3 rings (SSSR count). The van der Waals surface area contributed by atoms with E-state index in [9.17, 15) is 14.7 Å². The number of amides is 1. The van der Waals surface area contributed by atoms with Gasteiger partial charge in [0.2, 0.25) is 5.91 Å². The standard InChI is InChI=1S/C20H21NO3/c22-19(21-14-8-7-13-17(21)20(23)24)18(15-9-3-1-4-10-15)16-11-5-2-6-12-16/h1-6,9-12,17-18H,7-8,13-14H2,(H,23,24). The van der Waals surface area contributed by atoms with Crippen molar-refractivity contribution in [2.24, 2.45) is 0 Å². The average molecular weight is 323 g/mol. The van der Waals surface area contributed by atoms with E-state index >= 15 is 0 Å². The fourth-order valence-corrected chi connectivity index (χ4v) is 3.39. The predicted molar refractivity (Wildman–Crippen MR) is 91.7 cm³/mol. The van der Waals surface area contributed by atoms with Crippen molar-refractivity contribution in [3.63, 3.8) is 0 Å². The highest BCUT2D eigenvalue weighted by molar-refractivity contribution is 5.90. The first-order valence-electron chi connectivity index (χ1n) is 8.31. The predicted octanol–water partition coefficient (Wildman–Crippen LogP) is 3.28. The second-order valence-electron chi connectivity index (χ2n) is 6.14. The van der Waals surface area contributed by atoms with Crippen LogP contribution in [-0.4, -0.2) is 34.5 Å². The second kappa shape index (κ2) is 7.30. The molecule has 4 heteroatoms. The maximum absolute atomic E-state index is 13.3. The average Bonchev–Trinajstić information content (AvgIpc) is 2.63. The first kappa shape index (κ1) is 16.2. The molecule has 0 aromatic heterocycles. The molecule has 124 valence electrons. The van der Waals surface area contributed by atoms with E-state index in [1.54, 1.807) is 4.90 Å². The number of carbonyl (C=O) groups is 2. The van der Waals surface area contributed by atoms with Crippen LogP contribution in [0, 0.1) is 0 Å². The zero-order chi connectivity index (χ0) is 16.9. The summed E-state index contributed by atoms with van der Waals surface area (Å²) < 4.78 is 0. The van der Waals surface area contributed by atoms with Gasteiger partial charge in [-0.25, -0.2) is 4.79 Å². The third kappa shape index (κ3) is 3.32. The van der Waals surface area contributed by atoms with Crippen LogP contribution >= 0.6 is 0 Å². The summed E-state index contributed by atoms with van der Waals surface area (Å²) in [5.41, 5.74) is 1.78. The molecule has 1 aliphatic rings. The van der Waals surface area contributed by atoms with Gasteiger partial charge in [0.05, 0.1) is 5.92 Å². The van der Waals surface area contributed by atoms with Crippen LogP contribution in [0.2, 0.25) is 0 Å². The number of hydrogen-bond donors (Lipinski definition) is 1. The van der Waals surface area contributed by atoms with Gasteiger partial charge in [-0.15, -0.1) is 0 Å². The summed E-state index contributed by atoms with van der Waals surface area (Å²) in [6, 6.07) is 18.4. The summed E-state index contributed by atoms with van der Waals surface area (Å²) in [6.45, 7) is 0.506. The van der Waals surface area contributed by atoms with E-state index in [0.29, 0.717) is 13.0 Å². The molecule has 2 aromatic carbocycles. The number of carboxylic acid groups (broad SMARTS) is 1. The Balaban J connectivity index is 1.99. The number of hydrogen-bond acceptors (Lipinski definition) is 2. The maximum Gasteiger partial charge on any atom is 0.326 e. The van der Waals surface area contributed by atoms with Crippen LogP contribution in [0.5, 0.6) is 0 Å². The molecule has 2 aromatic rings. The van der Waals surface area contributed by atoms with Gasteiger partial charge in [0.1, 0.15) is 6.04 Å². The Labute approximate surface area is 141 Å². The monoisotopic (exact) mass is 323 g/mol. The number of rotatable bonds is 4. The number of aliphatic carboxylic acids is 1. The summed E-state index contributed by atoms with van der Waals surface area (Å²) >= 11 is 0. The SMILES string of the molecule is O=C(O)C1CCCCN1C(=O)C(c1ccccc1)c1ccccc1. The van der Waals surface area contributed by atoms with Crippen molar-refractivity contribution in [3.8, 4) is 0 Å². The van der Waals surface area contributed by atoms with Crippen LogP contribution in [0.1, 0.15) is 36.3 Å². The van der Waals surface area contributed by atoms with Gasteiger partial charge in [-0.3, -0.25) is 4.79 Å². The van der Waals surface area contributed by atoms with Crippen LogP contribution < -0.4 is 0 Å². The minimum atomic E-state index is -0.914. The van der Waals surface area contributed by atoms with Crippen molar-refractivity contribution < 1.29 is 14.7 Å². The molecule has 24 heavy (non-hydrogen) atoms. The van der Waals surface area contributed by atoms with E-state index in [-0.39, 0.29) is 5.91 Å². The van der Waals surface area contributed by atoms with Crippen molar-refractivity contribution >= 4 is 11.9 Å². The van der Waals surface area contributed by atoms with Crippen molar-refractivity contribution in [1.82, 2.24) is 4.90 Å². The van der Waals surface area contributed by atoms with E-state index in [2.05, 4.69) is 0 Å². The molecule has 1 atom stereocenters. The highest BCUT2D eigenvalue weighted by atomic mass is 16.4. The Hall–Kier alpha value is -2.62. The second-order valence-corrected chi connectivity index (χ2v) is 6.14. The third-order valence-electron chi connectivity index (χ3n) is 4.58. The summed E-state index contributed by atoms with van der Waals surface area (Å²) in [5.74, 6) is -1.50. The molecule has 1 heterocycles. The lowest BCUT2D eigenvalue weighted by Gasteiger charge is -2.35. The van der Waals surface area contributed by atoms with Gasteiger partial charge in [0, 0.05) is 6.54 Å². The van der Waals surface area contributed by atoms with Crippen molar-refractivity contribution in [1.29, 1.82) is 0 Å². The molecule has 0 radical (unpaired) electrons. The molecular formula is C20H21NO3. The minimum absolute atomic E-state index is 0.125. The lowest BCUT2D eigenvalue weighted by atomic mass is 9.88. The molecule has 0 spiro atoms. The van der Waals surface area contributed by atoms with E-state index < -0.39 is 17.9 Å². The Morgan fingerprint density at radius 2 is 1.46 bits per heavy atom. The number of nitrogens with zero attached hydrogens (tertiary/aromatic N) is 1. The highest BCUT2D eigenvalue weighted by Gasteiger charge is 2.36. The van der Waals surface area contributed by atoms with Gasteiger partial charge in [-0.05, 0) is 30.4 Å². The molecule has 4 nitrogen and oxygen atoms in total.